The Balaban J connectivity index is 2.13. The van der Waals surface area contributed by atoms with Crippen molar-refractivity contribution in [1.82, 2.24) is 14.6 Å². The summed E-state index contributed by atoms with van der Waals surface area (Å²) in [6.45, 7) is 2.80. The molecule has 6 nitrogen and oxygen atoms in total. The monoisotopic (exact) mass is 319 g/mol. The first-order valence-electron chi connectivity index (χ1n) is 6.97. The second kappa shape index (κ2) is 6.43. The smallest absolute Gasteiger partial charge is 0.213 e. The summed E-state index contributed by atoms with van der Waals surface area (Å²) in [4.78, 5) is 5.36. The van der Waals surface area contributed by atoms with Gasteiger partial charge in [-0.25, -0.2) is 9.50 Å². The number of para-hydroxylation sites is 1. The van der Waals surface area contributed by atoms with Crippen LogP contribution in [-0.2, 0) is 18.0 Å². The van der Waals surface area contributed by atoms with Crippen LogP contribution in [0.1, 0.15) is 17.6 Å². The van der Waals surface area contributed by atoms with Gasteiger partial charge in [-0.2, -0.15) is 5.10 Å². The lowest BCUT2D eigenvalue weighted by Crippen LogP contribution is -1.99. The predicted octanol–water partition coefficient (Wildman–Crippen LogP) is 2.50. The van der Waals surface area contributed by atoms with Crippen LogP contribution >= 0.6 is 11.3 Å². The third kappa shape index (κ3) is 2.58. The number of aliphatic hydroxyl groups excluding tert-OH is 1. The van der Waals surface area contributed by atoms with Crippen molar-refractivity contribution in [3.8, 4) is 17.0 Å². The van der Waals surface area contributed by atoms with Crippen molar-refractivity contribution in [2.45, 2.75) is 20.1 Å². The van der Waals surface area contributed by atoms with Crippen LogP contribution < -0.4 is 4.74 Å². The van der Waals surface area contributed by atoms with E-state index in [2.05, 4.69) is 10.1 Å². The second-order valence-corrected chi connectivity index (χ2v) is 5.66. The highest BCUT2D eigenvalue weighted by atomic mass is 32.1. The zero-order chi connectivity index (χ0) is 15.5. The van der Waals surface area contributed by atoms with E-state index in [1.807, 2.05) is 31.2 Å². The molecule has 0 aliphatic carbocycles. The van der Waals surface area contributed by atoms with E-state index in [0.717, 1.165) is 21.3 Å². The number of fused-ring (bicyclic) bond motifs is 1. The quantitative estimate of drug-likeness (QED) is 0.756. The number of aromatic nitrogens is 3. The Bertz CT molecular complexity index is 782. The van der Waals surface area contributed by atoms with Crippen LogP contribution in [0.15, 0.2) is 24.3 Å². The molecule has 0 fully saturated rings. The minimum absolute atomic E-state index is 0.146. The van der Waals surface area contributed by atoms with Crippen molar-refractivity contribution in [1.29, 1.82) is 0 Å². The molecule has 0 aliphatic heterocycles. The fourth-order valence-electron chi connectivity index (χ4n) is 2.31. The molecule has 1 aromatic carbocycles. The summed E-state index contributed by atoms with van der Waals surface area (Å²) in [6, 6.07) is 7.68. The molecule has 0 unspecified atom stereocenters. The van der Waals surface area contributed by atoms with E-state index in [1.54, 1.807) is 11.6 Å². The molecule has 3 aromatic rings. The molecule has 0 bridgehead atoms. The number of nitrogens with zero attached hydrogens (tertiary/aromatic N) is 3. The van der Waals surface area contributed by atoms with Crippen molar-refractivity contribution in [3.05, 3.63) is 35.0 Å². The van der Waals surface area contributed by atoms with Crippen molar-refractivity contribution in [2.75, 3.05) is 13.7 Å². The summed E-state index contributed by atoms with van der Waals surface area (Å²) in [5, 5.41) is 15.0. The lowest BCUT2D eigenvalue weighted by Gasteiger charge is -2.09. The number of ether oxygens (including phenoxy) is 2. The molecule has 0 atom stereocenters. The summed E-state index contributed by atoms with van der Waals surface area (Å²) in [5.41, 5.74) is 2.22. The van der Waals surface area contributed by atoms with Gasteiger partial charge in [0, 0.05) is 12.7 Å². The zero-order valence-electron chi connectivity index (χ0n) is 12.4. The maximum absolute atomic E-state index is 9.76. The van der Waals surface area contributed by atoms with Crippen LogP contribution in [0.25, 0.3) is 16.2 Å². The molecule has 2 aromatic heterocycles. The number of methoxy groups -OCH3 is 1. The topological polar surface area (TPSA) is 68.9 Å². The molecule has 3 rings (SSSR count). The molecule has 0 saturated carbocycles. The van der Waals surface area contributed by atoms with E-state index >= 15 is 0 Å². The third-order valence-electron chi connectivity index (χ3n) is 3.20. The van der Waals surface area contributed by atoms with Gasteiger partial charge in [-0.3, -0.25) is 0 Å². The van der Waals surface area contributed by atoms with Crippen LogP contribution in [0.3, 0.4) is 0 Å². The average Bonchev–Trinajstić information content (AvgIpc) is 3.05. The van der Waals surface area contributed by atoms with Crippen LogP contribution in [-0.4, -0.2) is 33.4 Å². The summed E-state index contributed by atoms with van der Waals surface area (Å²) in [5.74, 6) is 0.752. The summed E-state index contributed by atoms with van der Waals surface area (Å²) < 4.78 is 12.4. The van der Waals surface area contributed by atoms with Gasteiger partial charge < -0.3 is 14.6 Å². The second-order valence-electron chi connectivity index (χ2n) is 4.62. The molecule has 0 aliphatic rings. The zero-order valence-corrected chi connectivity index (χ0v) is 13.3. The minimum Gasteiger partial charge on any atom is -0.493 e. The number of imidazole rings is 1. The summed E-state index contributed by atoms with van der Waals surface area (Å²) >= 11 is 1.45. The first-order valence-corrected chi connectivity index (χ1v) is 7.79. The Kier molecular flexibility index (Phi) is 4.37. The first-order chi connectivity index (χ1) is 10.8. The van der Waals surface area contributed by atoms with Crippen LogP contribution in [0.5, 0.6) is 5.75 Å². The summed E-state index contributed by atoms with van der Waals surface area (Å²) in [6.07, 6.45) is 0. The SMILES string of the molecule is CCOc1ccccc1-c1nc2sc(COC)nn2c1CO. The van der Waals surface area contributed by atoms with Crippen molar-refractivity contribution >= 4 is 16.3 Å². The van der Waals surface area contributed by atoms with E-state index < -0.39 is 0 Å². The molecule has 22 heavy (non-hydrogen) atoms. The minimum atomic E-state index is -0.146. The average molecular weight is 319 g/mol. The summed E-state index contributed by atoms with van der Waals surface area (Å²) in [7, 11) is 1.63. The van der Waals surface area contributed by atoms with Crippen molar-refractivity contribution in [2.24, 2.45) is 0 Å². The fourth-order valence-corrected chi connectivity index (χ4v) is 3.20. The Morgan fingerprint density at radius 2 is 2.14 bits per heavy atom. The van der Waals surface area contributed by atoms with Gasteiger partial charge in [-0.1, -0.05) is 23.5 Å². The molecular formula is C15H17N3O3S. The highest BCUT2D eigenvalue weighted by Crippen LogP contribution is 2.33. The van der Waals surface area contributed by atoms with Crippen LogP contribution in [0.2, 0.25) is 0 Å². The molecule has 2 heterocycles. The van der Waals surface area contributed by atoms with Gasteiger partial charge in [-0.15, -0.1) is 0 Å². The standard InChI is InChI=1S/C15H17N3O3S/c1-3-21-12-7-5-4-6-10(12)14-11(8-19)18-15(16-14)22-13(17-18)9-20-2/h4-7,19H,3,8-9H2,1-2H3. The van der Waals surface area contributed by atoms with Gasteiger partial charge in [0.1, 0.15) is 16.5 Å². The van der Waals surface area contributed by atoms with Crippen LogP contribution in [0, 0.1) is 0 Å². The predicted molar refractivity (Wildman–Crippen MR) is 84.1 cm³/mol. The maximum atomic E-state index is 9.76. The molecule has 0 amide bonds. The molecule has 7 heteroatoms. The van der Waals surface area contributed by atoms with E-state index in [-0.39, 0.29) is 6.61 Å². The number of benzene rings is 1. The lowest BCUT2D eigenvalue weighted by atomic mass is 10.1. The Morgan fingerprint density at radius 1 is 1.32 bits per heavy atom. The number of hydrogen-bond acceptors (Lipinski definition) is 6. The Labute approximate surface area is 132 Å². The van der Waals surface area contributed by atoms with E-state index in [0.29, 0.717) is 24.6 Å². The molecule has 0 saturated heterocycles. The molecule has 116 valence electrons. The van der Waals surface area contributed by atoms with Gasteiger partial charge in [0.15, 0.2) is 0 Å². The van der Waals surface area contributed by atoms with Gasteiger partial charge in [0.25, 0.3) is 0 Å². The molecule has 0 spiro atoms. The highest BCUT2D eigenvalue weighted by molar-refractivity contribution is 7.16. The Morgan fingerprint density at radius 3 is 2.86 bits per heavy atom. The number of hydrogen-bond donors (Lipinski definition) is 1. The van der Waals surface area contributed by atoms with Crippen molar-refractivity contribution in [3.63, 3.8) is 0 Å². The van der Waals surface area contributed by atoms with Gasteiger partial charge in [0.2, 0.25) is 4.96 Å². The first kappa shape index (κ1) is 15.0. The number of aliphatic hydroxyl groups is 1. The fraction of sp³-hybridized carbons (Fsp3) is 0.333. The van der Waals surface area contributed by atoms with Gasteiger partial charge in [0.05, 0.1) is 25.5 Å². The van der Waals surface area contributed by atoms with Crippen LogP contribution in [0.4, 0.5) is 0 Å². The highest BCUT2D eigenvalue weighted by Gasteiger charge is 2.19. The van der Waals surface area contributed by atoms with E-state index in [1.165, 1.54) is 11.3 Å². The maximum Gasteiger partial charge on any atom is 0.213 e. The van der Waals surface area contributed by atoms with Crippen molar-refractivity contribution < 1.29 is 14.6 Å². The van der Waals surface area contributed by atoms with Gasteiger partial charge >= 0.3 is 0 Å². The largest absolute Gasteiger partial charge is 0.493 e. The van der Waals surface area contributed by atoms with Gasteiger partial charge in [-0.05, 0) is 19.1 Å². The number of rotatable bonds is 6. The molecule has 1 N–H and O–H groups in total. The normalized spacial score (nSPS) is 11.2. The molecule has 0 radical (unpaired) electrons. The van der Waals surface area contributed by atoms with E-state index in [4.69, 9.17) is 9.47 Å². The van der Waals surface area contributed by atoms with E-state index in [9.17, 15) is 5.11 Å². The third-order valence-corrected chi connectivity index (χ3v) is 4.08. The lowest BCUT2D eigenvalue weighted by molar-refractivity contribution is 0.183. The molecular weight excluding hydrogens is 302 g/mol. The Hall–Kier alpha value is -1.96.